The lowest BCUT2D eigenvalue weighted by molar-refractivity contribution is 0.102. The molecule has 27 heavy (non-hydrogen) atoms. The van der Waals surface area contributed by atoms with Crippen LogP contribution in [0.4, 0.5) is 10.8 Å². The first kappa shape index (κ1) is 18.5. The number of carbonyl (C=O) groups excluding carboxylic acids is 1. The van der Waals surface area contributed by atoms with E-state index in [-0.39, 0.29) is 15.9 Å². The first-order chi connectivity index (χ1) is 13.0. The van der Waals surface area contributed by atoms with Gasteiger partial charge in [-0.25, -0.2) is 0 Å². The highest BCUT2D eigenvalue weighted by Gasteiger charge is 2.21. The van der Waals surface area contributed by atoms with Crippen LogP contribution >= 0.6 is 11.3 Å². The standard InChI is InChI=1S/C17H13N5O3S2/c18-11-10-12-6-8-14(9-7-12)22-27(24,25)17-21-20-16(26-17)19-15(23)13-4-2-1-3-5-13/h1-9,22H,10H2,(H,19,20,23). The number of anilines is 2. The number of nitrogens with zero attached hydrogens (tertiary/aromatic N) is 3. The zero-order valence-electron chi connectivity index (χ0n) is 13.8. The molecule has 2 N–H and O–H groups in total. The molecule has 0 aliphatic rings. The molecule has 0 unspecified atom stereocenters. The van der Waals surface area contributed by atoms with Crippen LogP contribution in [0.2, 0.25) is 0 Å². The number of nitriles is 1. The number of hydrogen-bond donors (Lipinski definition) is 2. The Morgan fingerprint density at radius 3 is 2.44 bits per heavy atom. The molecule has 3 rings (SSSR count). The minimum atomic E-state index is -3.94. The van der Waals surface area contributed by atoms with Crippen LogP contribution in [0.1, 0.15) is 15.9 Å². The summed E-state index contributed by atoms with van der Waals surface area (Å²) in [5.41, 5.74) is 1.54. The highest BCUT2D eigenvalue weighted by Crippen LogP contribution is 2.23. The number of carbonyl (C=O) groups is 1. The predicted octanol–water partition coefficient (Wildman–Crippen LogP) is 2.66. The SMILES string of the molecule is N#CCc1ccc(NS(=O)(=O)c2nnc(NC(=O)c3ccccc3)s2)cc1. The van der Waals surface area contributed by atoms with Crippen molar-refractivity contribution < 1.29 is 13.2 Å². The maximum Gasteiger partial charge on any atom is 0.291 e. The second-order valence-corrected chi connectivity index (χ2v) is 8.16. The van der Waals surface area contributed by atoms with Gasteiger partial charge >= 0.3 is 0 Å². The van der Waals surface area contributed by atoms with Crippen LogP contribution in [0.3, 0.4) is 0 Å². The van der Waals surface area contributed by atoms with Crippen molar-refractivity contribution in [2.24, 2.45) is 0 Å². The number of nitrogens with one attached hydrogen (secondary N) is 2. The van der Waals surface area contributed by atoms with Crippen molar-refractivity contribution in [1.29, 1.82) is 5.26 Å². The van der Waals surface area contributed by atoms with Crippen molar-refractivity contribution in [3.8, 4) is 6.07 Å². The molecule has 3 aromatic rings. The zero-order chi connectivity index (χ0) is 19.3. The van der Waals surface area contributed by atoms with Crippen LogP contribution in [0.5, 0.6) is 0 Å². The Bertz CT molecular complexity index is 1090. The third-order valence-corrected chi connectivity index (χ3v) is 5.97. The van der Waals surface area contributed by atoms with E-state index in [9.17, 15) is 13.2 Å². The zero-order valence-corrected chi connectivity index (χ0v) is 15.4. The van der Waals surface area contributed by atoms with Crippen molar-refractivity contribution in [3.63, 3.8) is 0 Å². The Kier molecular flexibility index (Phi) is 5.44. The maximum absolute atomic E-state index is 12.4. The summed E-state index contributed by atoms with van der Waals surface area (Å²) in [7, 11) is -3.94. The molecule has 0 saturated heterocycles. The molecule has 1 amide bonds. The summed E-state index contributed by atoms with van der Waals surface area (Å²) in [4.78, 5) is 12.1. The highest BCUT2D eigenvalue weighted by atomic mass is 32.2. The second kappa shape index (κ2) is 7.94. The van der Waals surface area contributed by atoms with Crippen LogP contribution in [-0.4, -0.2) is 24.5 Å². The fourth-order valence-electron chi connectivity index (χ4n) is 2.11. The number of amides is 1. The lowest BCUT2D eigenvalue weighted by Gasteiger charge is -2.05. The largest absolute Gasteiger partial charge is 0.296 e. The molecule has 10 heteroatoms. The third kappa shape index (κ3) is 4.66. The number of benzene rings is 2. The smallest absolute Gasteiger partial charge is 0.291 e. The van der Waals surface area contributed by atoms with Crippen molar-refractivity contribution in [1.82, 2.24) is 10.2 Å². The lowest BCUT2D eigenvalue weighted by Crippen LogP contribution is -2.12. The maximum atomic E-state index is 12.4. The van der Waals surface area contributed by atoms with Gasteiger partial charge in [-0.3, -0.25) is 14.8 Å². The van der Waals surface area contributed by atoms with Gasteiger partial charge in [0.25, 0.3) is 20.3 Å². The van der Waals surface area contributed by atoms with Gasteiger partial charge in [-0.15, -0.1) is 10.2 Å². The fourth-order valence-corrected chi connectivity index (χ4v) is 4.06. The molecule has 1 aromatic heterocycles. The summed E-state index contributed by atoms with van der Waals surface area (Å²) in [6.07, 6.45) is 0.244. The topological polar surface area (TPSA) is 125 Å². The monoisotopic (exact) mass is 399 g/mol. The number of rotatable bonds is 6. The first-order valence-corrected chi connectivity index (χ1v) is 9.96. The molecule has 136 valence electrons. The number of sulfonamides is 1. The Labute approximate surface area is 159 Å². The number of hydrogen-bond acceptors (Lipinski definition) is 7. The van der Waals surface area contributed by atoms with Crippen LogP contribution in [0, 0.1) is 11.3 Å². The van der Waals surface area contributed by atoms with Crippen molar-refractivity contribution in [2.45, 2.75) is 10.8 Å². The normalized spacial score (nSPS) is 10.8. The minimum Gasteiger partial charge on any atom is -0.296 e. The Balaban J connectivity index is 1.71. The van der Waals surface area contributed by atoms with E-state index in [4.69, 9.17) is 5.26 Å². The Morgan fingerprint density at radius 1 is 1.07 bits per heavy atom. The minimum absolute atomic E-state index is 0.0774. The van der Waals surface area contributed by atoms with Crippen LogP contribution in [0.15, 0.2) is 58.9 Å². The van der Waals surface area contributed by atoms with E-state index in [0.717, 1.165) is 16.9 Å². The molecule has 0 aliphatic heterocycles. The molecule has 0 saturated carbocycles. The van der Waals surface area contributed by atoms with Gasteiger partial charge in [0.2, 0.25) is 5.13 Å². The summed E-state index contributed by atoms with van der Waals surface area (Å²) < 4.78 is 26.9. The summed E-state index contributed by atoms with van der Waals surface area (Å²) in [6, 6.07) is 16.9. The molecule has 0 aliphatic carbocycles. The first-order valence-electron chi connectivity index (χ1n) is 7.66. The van der Waals surface area contributed by atoms with Crippen LogP contribution < -0.4 is 10.0 Å². The van der Waals surface area contributed by atoms with Gasteiger partial charge in [0.15, 0.2) is 0 Å². The fraction of sp³-hybridized carbons (Fsp3) is 0.0588. The van der Waals surface area contributed by atoms with E-state index in [1.165, 1.54) is 0 Å². The predicted molar refractivity (Wildman–Crippen MR) is 101 cm³/mol. The molecule has 0 radical (unpaired) electrons. The van der Waals surface area contributed by atoms with Gasteiger partial charge in [-0.1, -0.05) is 41.7 Å². The van der Waals surface area contributed by atoms with Gasteiger partial charge in [0.05, 0.1) is 12.5 Å². The highest BCUT2D eigenvalue weighted by molar-refractivity contribution is 7.94. The van der Waals surface area contributed by atoms with E-state index in [1.54, 1.807) is 54.6 Å². The molecule has 0 spiro atoms. The molecular weight excluding hydrogens is 386 g/mol. The second-order valence-electron chi connectivity index (χ2n) is 5.33. The third-order valence-electron chi connectivity index (χ3n) is 3.38. The van der Waals surface area contributed by atoms with E-state index < -0.39 is 15.9 Å². The quantitative estimate of drug-likeness (QED) is 0.614. The Hall–Kier alpha value is -3.29. The number of aromatic nitrogens is 2. The van der Waals surface area contributed by atoms with E-state index in [0.29, 0.717) is 11.3 Å². The van der Waals surface area contributed by atoms with E-state index in [1.807, 2.05) is 6.07 Å². The average molecular weight is 399 g/mol. The van der Waals surface area contributed by atoms with Crippen LogP contribution in [-0.2, 0) is 16.4 Å². The summed E-state index contributed by atoms with van der Waals surface area (Å²) >= 11 is 0.746. The Morgan fingerprint density at radius 2 is 1.78 bits per heavy atom. The summed E-state index contributed by atoms with van der Waals surface area (Å²) in [5, 5.41) is 18.6. The summed E-state index contributed by atoms with van der Waals surface area (Å²) in [5.74, 6) is -0.406. The lowest BCUT2D eigenvalue weighted by atomic mass is 10.1. The van der Waals surface area contributed by atoms with Gasteiger partial charge < -0.3 is 0 Å². The van der Waals surface area contributed by atoms with Crippen LogP contribution in [0.25, 0.3) is 0 Å². The molecule has 8 nitrogen and oxygen atoms in total. The van der Waals surface area contributed by atoms with Gasteiger partial charge in [0, 0.05) is 11.3 Å². The van der Waals surface area contributed by atoms with E-state index in [2.05, 4.69) is 20.2 Å². The van der Waals surface area contributed by atoms with Gasteiger partial charge in [-0.2, -0.15) is 13.7 Å². The molecule has 0 bridgehead atoms. The van der Waals surface area contributed by atoms with Crippen molar-refractivity contribution in [3.05, 3.63) is 65.7 Å². The molecule has 2 aromatic carbocycles. The van der Waals surface area contributed by atoms with E-state index >= 15 is 0 Å². The van der Waals surface area contributed by atoms with Gasteiger partial charge in [0.1, 0.15) is 0 Å². The average Bonchev–Trinajstić information content (AvgIpc) is 3.14. The molecule has 0 atom stereocenters. The van der Waals surface area contributed by atoms with Gasteiger partial charge in [-0.05, 0) is 29.8 Å². The van der Waals surface area contributed by atoms with Crippen molar-refractivity contribution >= 4 is 38.1 Å². The van der Waals surface area contributed by atoms with Crippen molar-refractivity contribution in [2.75, 3.05) is 10.0 Å². The molecule has 1 heterocycles. The molecular formula is C17H13N5O3S2. The molecule has 0 fully saturated rings. The summed E-state index contributed by atoms with van der Waals surface area (Å²) in [6.45, 7) is 0.